The molecule has 1 atom stereocenters. The second-order valence-corrected chi connectivity index (χ2v) is 4.58. The van der Waals surface area contributed by atoms with Gasteiger partial charge in [-0.15, -0.1) is 0 Å². The number of likely N-dealkylation sites (tertiary alicyclic amines) is 1. The van der Waals surface area contributed by atoms with Gasteiger partial charge in [0.15, 0.2) is 5.96 Å². The quantitative estimate of drug-likeness (QED) is 0.558. The first-order valence-electron chi connectivity index (χ1n) is 6.21. The van der Waals surface area contributed by atoms with Gasteiger partial charge in [-0.05, 0) is 30.5 Å². The SMILES string of the molecule is N=C(N)N1CCCC1C(=O)NCc1ccc(F)cc1. The molecule has 1 saturated heterocycles. The maximum Gasteiger partial charge on any atom is 0.243 e. The van der Waals surface area contributed by atoms with E-state index in [0.29, 0.717) is 19.5 Å². The minimum atomic E-state index is -0.363. The van der Waals surface area contributed by atoms with Gasteiger partial charge in [-0.2, -0.15) is 0 Å². The topological polar surface area (TPSA) is 82.2 Å². The van der Waals surface area contributed by atoms with Crippen molar-refractivity contribution in [2.45, 2.75) is 25.4 Å². The molecule has 5 nitrogen and oxygen atoms in total. The lowest BCUT2D eigenvalue weighted by atomic mass is 10.2. The van der Waals surface area contributed by atoms with Crippen molar-refractivity contribution in [3.63, 3.8) is 0 Å². The molecule has 1 fully saturated rings. The van der Waals surface area contributed by atoms with E-state index in [1.54, 1.807) is 17.0 Å². The summed E-state index contributed by atoms with van der Waals surface area (Å²) in [5.41, 5.74) is 6.27. The Labute approximate surface area is 111 Å². The van der Waals surface area contributed by atoms with Gasteiger partial charge >= 0.3 is 0 Å². The normalized spacial score (nSPS) is 18.4. The van der Waals surface area contributed by atoms with Crippen molar-refractivity contribution in [3.05, 3.63) is 35.6 Å². The van der Waals surface area contributed by atoms with E-state index in [1.807, 2.05) is 0 Å². The lowest BCUT2D eigenvalue weighted by molar-refractivity contribution is -0.124. The monoisotopic (exact) mass is 264 g/mol. The van der Waals surface area contributed by atoms with Crippen LogP contribution in [0.5, 0.6) is 0 Å². The largest absolute Gasteiger partial charge is 0.370 e. The first-order valence-corrected chi connectivity index (χ1v) is 6.21. The second-order valence-electron chi connectivity index (χ2n) is 4.58. The molecule has 1 amide bonds. The van der Waals surface area contributed by atoms with Gasteiger partial charge in [-0.1, -0.05) is 12.1 Å². The number of carbonyl (C=O) groups excluding carboxylic acids is 1. The summed E-state index contributed by atoms with van der Waals surface area (Å²) in [5.74, 6) is -0.509. The van der Waals surface area contributed by atoms with Crippen molar-refractivity contribution in [2.24, 2.45) is 5.73 Å². The summed E-state index contributed by atoms with van der Waals surface area (Å²) < 4.78 is 12.7. The first-order chi connectivity index (χ1) is 9.08. The second kappa shape index (κ2) is 5.69. The van der Waals surface area contributed by atoms with Crippen LogP contribution in [-0.4, -0.2) is 29.4 Å². The van der Waals surface area contributed by atoms with Crippen molar-refractivity contribution in [2.75, 3.05) is 6.54 Å². The first kappa shape index (κ1) is 13.3. The predicted molar refractivity (Wildman–Crippen MR) is 69.9 cm³/mol. The molecule has 0 radical (unpaired) electrons. The van der Waals surface area contributed by atoms with Gasteiger partial charge in [0.2, 0.25) is 5.91 Å². The number of halogens is 1. The molecule has 2 rings (SSSR count). The van der Waals surface area contributed by atoms with Gasteiger partial charge < -0.3 is 16.0 Å². The lowest BCUT2D eigenvalue weighted by Gasteiger charge is -2.23. The van der Waals surface area contributed by atoms with Crippen LogP contribution in [0.25, 0.3) is 0 Å². The summed E-state index contributed by atoms with van der Waals surface area (Å²) in [6.07, 6.45) is 1.56. The summed E-state index contributed by atoms with van der Waals surface area (Å²) in [6, 6.07) is 5.62. The summed E-state index contributed by atoms with van der Waals surface area (Å²) in [4.78, 5) is 13.6. The van der Waals surface area contributed by atoms with E-state index in [2.05, 4.69) is 5.32 Å². The summed E-state index contributed by atoms with van der Waals surface area (Å²) in [7, 11) is 0. The highest BCUT2D eigenvalue weighted by molar-refractivity contribution is 5.87. The van der Waals surface area contributed by atoms with Crippen LogP contribution >= 0.6 is 0 Å². The van der Waals surface area contributed by atoms with Crippen molar-refractivity contribution < 1.29 is 9.18 Å². The number of nitrogens with zero attached hydrogens (tertiary/aromatic N) is 1. The molecular weight excluding hydrogens is 247 g/mol. The Hall–Kier alpha value is -2.11. The van der Waals surface area contributed by atoms with Gasteiger partial charge in [-0.25, -0.2) is 4.39 Å². The van der Waals surface area contributed by atoms with Gasteiger partial charge in [0, 0.05) is 13.1 Å². The number of amides is 1. The Bertz CT molecular complexity index is 474. The third-order valence-corrected chi connectivity index (χ3v) is 3.24. The van der Waals surface area contributed by atoms with Gasteiger partial charge in [0.25, 0.3) is 0 Å². The van der Waals surface area contributed by atoms with Crippen LogP contribution in [0.15, 0.2) is 24.3 Å². The van der Waals surface area contributed by atoms with Crippen molar-refractivity contribution in [3.8, 4) is 0 Å². The van der Waals surface area contributed by atoms with Crippen molar-refractivity contribution in [1.82, 2.24) is 10.2 Å². The molecule has 1 aromatic rings. The number of carbonyl (C=O) groups is 1. The van der Waals surface area contributed by atoms with Crippen LogP contribution in [0, 0.1) is 11.2 Å². The van der Waals surface area contributed by atoms with E-state index < -0.39 is 0 Å². The Kier molecular flexibility index (Phi) is 3.99. The van der Waals surface area contributed by atoms with Crippen LogP contribution in [-0.2, 0) is 11.3 Å². The fourth-order valence-corrected chi connectivity index (χ4v) is 2.24. The number of nitrogens with one attached hydrogen (secondary N) is 2. The van der Waals surface area contributed by atoms with Crippen LogP contribution in [0.4, 0.5) is 4.39 Å². The summed E-state index contributed by atoms with van der Waals surface area (Å²) in [6.45, 7) is 0.991. The molecule has 1 aromatic carbocycles. The summed E-state index contributed by atoms with van der Waals surface area (Å²) >= 11 is 0. The zero-order valence-corrected chi connectivity index (χ0v) is 10.5. The Morgan fingerprint density at radius 1 is 1.47 bits per heavy atom. The smallest absolute Gasteiger partial charge is 0.243 e. The molecule has 19 heavy (non-hydrogen) atoms. The molecule has 0 saturated carbocycles. The summed E-state index contributed by atoms with van der Waals surface area (Å²) in [5, 5.41) is 10.2. The molecule has 0 aromatic heterocycles. The zero-order valence-electron chi connectivity index (χ0n) is 10.5. The van der Waals surface area contributed by atoms with E-state index in [4.69, 9.17) is 11.1 Å². The van der Waals surface area contributed by atoms with Gasteiger partial charge in [-0.3, -0.25) is 10.2 Å². The average molecular weight is 264 g/mol. The van der Waals surface area contributed by atoms with E-state index in [0.717, 1.165) is 12.0 Å². The van der Waals surface area contributed by atoms with E-state index in [-0.39, 0.29) is 23.7 Å². The Morgan fingerprint density at radius 2 is 2.16 bits per heavy atom. The molecular formula is C13H17FN4O. The van der Waals surface area contributed by atoms with Crippen LogP contribution in [0.1, 0.15) is 18.4 Å². The maximum atomic E-state index is 12.7. The molecule has 0 spiro atoms. The van der Waals surface area contributed by atoms with E-state index in [9.17, 15) is 9.18 Å². The number of hydrogen-bond acceptors (Lipinski definition) is 2. The molecule has 1 heterocycles. The predicted octanol–water partition coefficient (Wildman–Crippen LogP) is 0.800. The fourth-order valence-electron chi connectivity index (χ4n) is 2.24. The Balaban J connectivity index is 1.90. The number of rotatable bonds is 3. The minimum Gasteiger partial charge on any atom is -0.370 e. The van der Waals surface area contributed by atoms with Gasteiger partial charge in [0.1, 0.15) is 11.9 Å². The number of guanidine groups is 1. The average Bonchev–Trinajstić information content (AvgIpc) is 2.87. The van der Waals surface area contributed by atoms with Crippen LogP contribution in [0.2, 0.25) is 0 Å². The molecule has 1 aliphatic heterocycles. The third kappa shape index (κ3) is 3.21. The molecule has 1 aliphatic rings. The van der Waals surface area contributed by atoms with E-state index in [1.165, 1.54) is 12.1 Å². The molecule has 6 heteroatoms. The molecule has 4 N–H and O–H groups in total. The zero-order chi connectivity index (χ0) is 13.8. The van der Waals surface area contributed by atoms with Crippen molar-refractivity contribution in [1.29, 1.82) is 5.41 Å². The number of benzene rings is 1. The standard InChI is InChI=1S/C13H17FN4O/c14-10-5-3-9(4-6-10)8-17-12(19)11-2-1-7-18(11)13(15)16/h3-6,11H,1-2,7-8H2,(H3,15,16)(H,17,19). The highest BCUT2D eigenvalue weighted by atomic mass is 19.1. The Morgan fingerprint density at radius 3 is 2.79 bits per heavy atom. The highest BCUT2D eigenvalue weighted by Gasteiger charge is 2.31. The maximum absolute atomic E-state index is 12.7. The molecule has 0 aliphatic carbocycles. The van der Waals surface area contributed by atoms with Gasteiger partial charge in [0.05, 0.1) is 0 Å². The fraction of sp³-hybridized carbons (Fsp3) is 0.385. The molecule has 102 valence electrons. The van der Waals surface area contributed by atoms with Crippen LogP contribution in [0.3, 0.4) is 0 Å². The number of nitrogens with two attached hydrogens (primary N) is 1. The van der Waals surface area contributed by atoms with Crippen molar-refractivity contribution >= 4 is 11.9 Å². The van der Waals surface area contributed by atoms with Crippen LogP contribution < -0.4 is 11.1 Å². The van der Waals surface area contributed by atoms with E-state index >= 15 is 0 Å². The minimum absolute atomic E-state index is 0.0700. The number of hydrogen-bond donors (Lipinski definition) is 3. The third-order valence-electron chi connectivity index (χ3n) is 3.24. The molecule has 1 unspecified atom stereocenters. The molecule has 0 bridgehead atoms. The lowest BCUT2D eigenvalue weighted by Crippen LogP contribution is -2.48. The highest BCUT2D eigenvalue weighted by Crippen LogP contribution is 2.16.